The van der Waals surface area contributed by atoms with Gasteiger partial charge >= 0.3 is 0 Å². The number of hydrogen-bond acceptors (Lipinski definition) is 5. The molecule has 1 saturated heterocycles. The number of hydrogen-bond donors (Lipinski definition) is 3. The van der Waals surface area contributed by atoms with E-state index in [1.165, 1.54) is 18.4 Å². The lowest BCUT2D eigenvalue weighted by molar-refractivity contribution is 0.588. The molecule has 1 aliphatic heterocycles. The number of nitrogens with zero attached hydrogens (tertiary/aromatic N) is 2. The van der Waals surface area contributed by atoms with E-state index < -0.39 is 0 Å². The number of rotatable bonds is 2. The molecule has 2 aliphatic rings. The largest absolute Gasteiger partial charge is 0.394 e. The predicted molar refractivity (Wildman–Crippen MR) is 70.1 cm³/mol. The van der Waals surface area contributed by atoms with Gasteiger partial charge in [0.15, 0.2) is 0 Å². The monoisotopic (exact) mass is 233 g/mol. The van der Waals surface area contributed by atoms with Crippen LogP contribution in [-0.2, 0) is 0 Å². The summed E-state index contributed by atoms with van der Waals surface area (Å²) >= 11 is 0. The lowest BCUT2D eigenvalue weighted by Crippen LogP contribution is -2.44. The van der Waals surface area contributed by atoms with Gasteiger partial charge in [0.05, 0.1) is 11.4 Å². The van der Waals surface area contributed by atoms with Crippen LogP contribution in [0.15, 0.2) is 6.20 Å². The van der Waals surface area contributed by atoms with E-state index in [-0.39, 0.29) is 0 Å². The van der Waals surface area contributed by atoms with Crippen molar-refractivity contribution in [3.63, 3.8) is 0 Å². The van der Waals surface area contributed by atoms with Gasteiger partial charge < -0.3 is 21.7 Å². The molecule has 2 fully saturated rings. The van der Waals surface area contributed by atoms with E-state index in [1.54, 1.807) is 0 Å². The standard InChI is InChI=1S/C12H19N5/c13-10-11(17-5-3-15-4-6-17)9(8-1-2-8)7-16-12(10)14/h7-8,15H,1-6,13H2,(H2,14,16). The fourth-order valence-electron chi connectivity index (χ4n) is 2.48. The number of nitrogens with one attached hydrogen (secondary N) is 1. The van der Waals surface area contributed by atoms with Crippen LogP contribution in [0.25, 0.3) is 0 Å². The minimum absolute atomic E-state index is 0.461. The second-order valence-corrected chi connectivity index (χ2v) is 4.87. The molecule has 2 heterocycles. The van der Waals surface area contributed by atoms with Crippen molar-refractivity contribution in [2.45, 2.75) is 18.8 Å². The van der Waals surface area contributed by atoms with Crippen molar-refractivity contribution >= 4 is 17.2 Å². The van der Waals surface area contributed by atoms with E-state index in [9.17, 15) is 0 Å². The first kappa shape index (κ1) is 10.7. The predicted octanol–water partition coefficient (Wildman–Crippen LogP) is 0.533. The van der Waals surface area contributed by atoms with Crippen LogP contribution in [0.2, 0.25) is 0 Å². The highest BCUT2D eigenvalue weighted by atomic mass is 15.2. The minimum Gasteiger partial charge on any atom is -0.394 e. The zero-order chi connectivity index (χ0) is 11.8. The maximum atomic E-state index is 6.13. The van der Waals surface area contributed by atoms with E-state index in [1.807, 2.05) is 6.20 Å². The first-order valence-electron chi connectivity index (χ1n) is 6.27. The Balaban J connectivity index is 2.01. The Hall–Kier alpha value is -1.49. The zero-order valence-electron chi connectivity index (χ0n) is 9.95. The summed E-state index contributed by atoms with van der Waals surface area (Å²) < 4.78 is 0. The lowest BCUT2D eigenvalue weighted by atomic mass is 10.1. The Kier molecular flexibility index (Phi) is 2.55. The van der Waals surface area contributed by atoms with Crippen molar-refractivity contribution in [3.8, 4) is 0 Å². The number of piperazine rings is 1. The van der Waals surface area contributed by atoms with Gasteiger partial charge in [-0.25, -0.2) is 4.98 Å². The zero-order valence-corrected chi connectivity index (χ0v) is 9.95. The first-order chi connectivity index (χ1) is 8.27. The molecule has 92 valence electrons. The number of nitrogen functional groups attached to an aromatic ring is 2. The summed E-state index contributed by atoms with van der Waals surface area (Å²) in [5.74, 6) is 1.11. The molecule has 1 aliphatic carbocycles. The van der Waals surface area contributed by atoms with E-state index in [0.717, 1.165) is 31.9 Å². The molecule has 1 saturated carbocycles. The summed E-state index contributed by atoms with van der Waals surface area (Å²) in [5.41, 5.74) is 15.1. The van der Waals surface area contributed by atoms with Crippen molar-refractivity contribution in [1.29, 1.82) is 0 Å². The Morgan fingerprint density at radius 2 is 1.94 bits per heavy atom. The second-order valence-electron chi connectivity index (χ2n) is 4.87. The van der Waals surface area contributed by atoms with E-state index in [2.05, 4.69) is 15.2 Å². The Labute approximate surface area is 101 Å². The minimum atomic E-state index is 0.461. The van der Waals surface area contributed by atoms with Crippen LogP contribution in [0.4, 0.5) is 17.2 Å². The Bertz CT molecular complexity index is 421. The molecule has 0 bridgehead atoms. The second kappa shape index (κ2) is 4.07. The molecule has 5 nitrogen and oxygen atoms in total. The fourth-order valence-corrected chi connectivity index (χ4v) is 2.48. The van der Waals surface area contributed by atoms with Crippen LogP contribution in [0, 0.1) is 0 Å². The summed E-state index contributed by atoms with van der Waals surface area (Å²) in [6.45, 7) is 4.00. The highest BCUT2D eigenvalue weighted by molar-refractivity contribution is 5.80. The molecule has 1 aromatic heterocycles. The van der Waals surface area contributed by atoms with Crippen LogP contribution >= 0.6 is 0 Å². The molecule has 0 amide bonds. The smallest absolute Gasteiger partial charge is 0.148 e. The van der Waals surface area contributed by atoms with Crippen LogP contribution in [0.3, 0.4) is 0 Å². The molecule has 0 aromatic carbocycles. The van der Waals surface area contributed by atoms with Gasteiger partial charge in [0, 0.05) is 32.4 Å². The Morgan fingerprint density at radius 1 is 1.24 bits per heavy atom. The van der Waals surface area contributed by atoms with Gasteiger partial charge in [-0.3, -0.25) is 0 Å². The molecular formula is C12H19N5. The SMILES string of the molecule is Nc1ncc(C2CC2)c(N2CCNCC2)c1N. The average molecular weight is 233 g/mol. The molecule has 0 unspecified atom stereocenters. The number of aromatic nitrogens is 1. The molecule has 0 atom stereocenters. The molecule has 0 spiro atoms. The fraction of sp³-hybridized carbons (Fsp3) is 0.583. The van der Waals surface area contributed by atoms with E-state index in [4.69, 9.17) is 11.5 Å². The summed E-state index contributed by atoms with van der Waals surface area (Å²) in [4.78, 5) is 6.55. The first-order valence-corrected chi connectivity index (χ1v) is 6.27. The summed E-state index contributed by atoms with van der Waals surface area (Å²) in [7, 11) is 0. The van der Waals surface area contributed by atoms with Crippen molar-refractivity contribution in [3.05, 3.63) is 11.8 Å². The number of anilines is 3. The van der Waals surface area contributed by atoms with E-state index in [0.29, 0.717) is 17.4 Å². The third kappa shape index (κ3) is 1.91. The summed E-state index contributed by atoms with van der Waals surface area (Å²) in [6.07, 6.45) is 4.43. The number of nitrogens with two attached hydrogens (primary N) is 2. The summed E-state index contributed by atoms with van der Waals surface area (Å²) in [5, 5.41) is 3.35. The van der Waals surface area contributed by atoms with Crippen LogP contribution in [-0.4, -0.2) is 31.2 Å². The lowest BCUT2D eigenvalue weighted by Gasteiger charge is -2.32. The highest BCUT2D eigenvalue weighted by Crippen LogP contribution is 2.46. The molecule has 5 N–H and O–H groups in total. The third-order valence-electron chi connectivity index (χ3n) is 3.60. The third-order valence-corrected chi connectivity index (χ3v) is 3.60. The molecule has 0 radical (unpaired) electrons. The maximum absolute atomic E-state index is 6.13. The van der Waals surface area contributed by atoms with Crippen LogP contribution in [0.1, 0.15) is 24.3 Å². The summed E-state index contributed by atoms with van der Waals surface area (Å²) in [6, 6.07) is 0. The van der Waals surface area contributed by atoms with Crippen molar-refractivity contribution in [2.24, 2.45) is 0 Å². The van der Waals surface area contributed by atoms with E-state index >= 15 is 0 Å². The van der Waals surface area contributed by atoms with Gasteiger partial charge in [-0.05, 0) is 24.3 Å². The van der Waals surface area contributed by atoms with Gasteiger partial charge in [0.1, 0.15) is 5.82 Å². The molecule has 1 aromatic rings. The molecular weight excluding hydrogens is 214 g/mol. The maximum Gasteiger partial charge on any atom is 0.148 e. The van der Waals surface area contributed by atoms with Gasteiger partial charge in [0.2, 0.25) is 0 Å². The molecule has 5 heteroatoms. The van der Waals surface area contributed by atoms with Gasteiger partial charge in [-0.15, -0.1) is 0 Å². The van der Waals surface area contributed by atoms with Crippen molar-refractivity contribution in [1.82, 2.24) is 10.3 Å². The molecule has 17 heavy (non-hydrogen) atoms. The quantitative estimate of drug-likeness (QED) is 0.694. The topological polar surface area (TPSA) is 80.2 Å². The molecule has 3 rings (SSSR count). The average Bonchev–Trinajstić information content (AvgIpc) is 3.18. The highest BCUT2D eigenvalue weighted by Gasteiger charge is 2.30. The van der Waals surface area contributed by atoms with Gasteiger partial charge in [0.25, 0.3) is 0 Å². The van der Waals surface area contributed by atoms with Crippen LogP contribution < -0.4 is 21.7 Å². The number of pyridine rings is 1. The van der Waals surface area contributed by atoms with Gasteiger partial charge in [-0.1, -0.05) is 0 Å². The van der Waals surface area contributed by atoms with Crippen molar-refractivity contribution < 1.29 is 0 Å². The van der Waals surface area contributed by atoms with Gasteiger partial charge in [-0.2, -0.15) is 0 Å². The normalized spacial score (nSPS) is 20.6. The Morgan fingerprint density at radius 3 is 2.59 bits per heavy atom. The van der Waals surface area contributed by atoms with Crippen molar-refractivity contribution in [2.75, 3.05) is 42.5 Å². The van der Waals surface area contributed by atoms with Crippen LogP contribution in [0.5, 0.6) is 0 Å².